The maximum Gasteiger partial charge on any atom is 0.223 e. The van der Waals surface area contributed by atoms with Gasteiger partial charge in [-0.3, -0.25) is 9.69 Å². The van der Waals surface area contributed by atoms with E-state index in [1.54, 1.807) is 7.11 Å². The molecular formula is C20H31N3O2. The number of nitrogens with one attached hydrogen (secondary N) is 1. The molecule has 1 N–H and O–H groups in total. The molecule has 0 radical (unpaired) electrons. The van der Waals surface area contributed by atoms with Crippen LogP contribution in [0.15, 0.2) is 24.3 Å². The first-order valence-electron chi connectivity index (χ1n) is 9.37. The van der Waals surface area contributed by atoms with Crippen molar-refractivity contribution in [1.82, 2.24) is 15.1 Å². The van der Waals surface area contributed by atoms with Crippen LogP contribution < -0.4 is 10.1 Å². The molecule has 5 nitrogen and oxygen atoms in total. The van der Waals surface area contributed by atoms with E-state index >= 15 is 0 Å². The van der Waals surface area contributed by atoms with E-state index in [4.69, 9.17) is 4.74 Å². The smallest absolute Gasteiger partial charge is 0.223 e. The molecule has 0 bridgehead atoms. The fraction of sp³-hybridized carbons (Fsp3) is 0.650. The molecule has 25 heavy (non-hydrogen) atoms. The van der Waals surface area contributed by atoms with Gasteiger partial charge < -0.3 is 15.0 Å². The van der Waals surface area contributed by atoms with Crippen molar-refractivity contribution in [2.45, 2.75) is 31.8 Å². The molecule has 1 aliphatic carbocycles. The highest BCUT2D eigenvalue weighted by atomic mass is 16.5. The number of ether oxygens (including phenoxy) is 1. The van der Waals surface area contributed by atoms with Crippen molar-refractivity contribution in [2.75, 3.05) is 40.8 Å². The second kappa shape index (κ2) is 8.19. The number of nitrogens with zero attached hydrogens (tertiary/aromatic N) is 2. The van der Waals surface area contributed by atoms with Crippen molar-refractivity contribution < 1.29 is 9.53 Å². The van der Waals surface area contributed by atoms with Crippen molar-refractivity contribution in [1.29, 1.82) is 0 Å². The van der Waals surface area contributed by atoms with Crippen LogP contribution >= 0.6 is 0 Å². The molecule has 1 heterocycles. The number of likely N-dealkylation sites (N-methyl/N-ethyl adjacent to an activating group) is 1. The lowest BCUT2D eigenvalue weighted by atomic mass is 9.90. The number of hydrogen-bond donors (Lipinski definition) is 1. The molecule has 3 rings (SSSR count). The molecule has 1 saturated heterocycles. The van der Waals surface area contributed by atoms with Gasteiger partial charge in [0.2, 0.25) is 5.91 Å². The summed E-state index contributed by atoms with van der Waals surface area (Å²) < 4.78 is 5.49. The van der Waals surface area contributed by atoms with Crippen LogP contribution in [0.25, 0.3) is 0 Å². The zero-order valence-corrected chi connectivity index (χ0v) is 15.7. The van der Waals surface area contributed by atoms with Gasteiger partial charge in [-0.05, 0) is 51.9 Å². The number of para-hydroxylation sites is 1. The van der Waals surface area contributed by atoms with Crippen molar-refractivity contribution in [2.24, 2.45) is 11.8 Å². The van der Waals surface area contributed by atoms with Crippen molar-refractivity contribution in [3.05, 3.63) is 29.8 Å². The molecule has 2 aliphatic rings. The Bertz CT molecular complexity index is 586. The normalized spacial score (nSPS) is 24.3. The number of hydrogen-bond acceptors (Lipinski definition) is 4. The van der Waals surface area contributed by atoms with E-state index in [1.165, 1.54) is 5.56 Å². The van der Waals surface area contributed by atoms with Crippen molar-refractivity contribution in [3.8, 4) is 5.75 Å². The fourth-order valence-corrected chi connectivity index (χ4v) is 3.81. The monoisotopic (exact) mass is 345 g/mol. The third kappa shape index (κ3) is 4.73. The van der Waals surface area contributed by atoms with Gasteiger partial charge in [0.25, 0.3) is 0 Å². The summed E-state index contributed by atoms with van der Waals surface area (Å²) in [5.74, 6) is 2.03. The quantitative estimate of drug-likeness (QED) is 0.821. The molecule has 138 valence electrons. The largest absolute Gasteiger partial charge is 0.496 e. The first-order valence-corrected chi connectivity index (χ1v) is 9.37. The van der Waals surface area contributed by atoms with Crippen LogP contribution in [-0.2, 0) is 11.3 Å². The number of piperidine rings is 1. The molecule has 0 unspecified atom stereocenters. The first kappa shape index (κ1) is 18.2. The molecule has 0 aromatic heterocycles. The first-order chi connectivity index (χ1) is 12.1. The molecule has 1 saturated carbocycles. The van der Waals surface area contributed by atoms with Crippen LogP contribution in [0.5, 0.6) is 5.75 Å². The average Bonchev–Trinajstić information content (AvgIpc) is 3.45. The van der Waals surface area contributed by atoms with Gasteiger partial charge in [0.1, 0.15) is 5.75 Å². The van der Waals surface area contributed by atoms with Crippen LogP contribution in [0.4, 0.5) is 0 Å². The number of benzene rings is 1. The highest BCUT2D eigenvalue weighted by Gasteiger charge is 2.33. The predicted molar refractivity (Wildman–Crippen MR) is 99.6 cm³/mol. The van der Waals surface area contributed by atoms with Crippen LogP contribution in [0.1, 0.15) is 24.8 Å². The molecule has 0 spiro atoms. The van der Waals surface area contributed by atoms with Gasteiger partial charge in [-0.1, -0.05) is 18.2 Å². The molecule has 2 fully saturated rings. The van der Waals surface area contributed by atoms with E-state index in [9.17, 15) is 4.79 Å². The van der Waals surface area contributed by atoms with Gasteiger partial charge in [-0.25, -0.2) is 0 Å². The van der Waals surface area contributed by atoms with Gasteiger partial charge >= 0.3 is 0 Å². The number of carbonyl (C=O) groups is 1. The molecule has 5 heteroatoms. The molecule has 2 atom stereocenters. The minimum absolute atomic E-state index is 0.258. The number of carbonyl (C=O) groups excluding carboxylic acids is 1. The Morgan fingerprint density at radius 1 is 1.28 bits per heavy atom. The van der Waals surface area contributed by atoms with Gasteiger partial charge in [0.05, 0.1) is 7.11 Å². The van der Waals surface area contributed by atoms with Crippen LogP contribution in [-0.4, -0.2) is 62.6 Å². The molecule has 1 amide bonds. The van der Waals surface area contributed by atoms with Crippen molar-refractivity contribution in [3.63, 3.8) is 0 Å². The summed E-state index contributed by atoms with van der Waals surface area (Å²) in [5, 5.41) is 3.18. The zero-order valence-electron chi connectivity index (χ0n) is 15.7. The maximum absolute atomic E-state index is 12.0. The average molecular weight is 345 g/mol. The number of amides is 1. The van der Waals surface area contributed by atoms with E-state index in [0.29, 0.717) is 17.9 Å². The zero-order chi connectivity index (χ0) is 17.8. The summed E-state index contributed by atoms with van der Waals surface area (Å²) in [4.78, 5) is 16.8. The summed E-state index contributed by atoms with van der Waals surface area (Å²) in [6.45, 7) is 3.80. The van der Waals surface area contributed by atoms with Crippen LogP contribution in [0, 0.1) is 11.8 Å². The van der Waals surface area contributed by atoms with Crippen LogP contribution in [0.2, 0.25) is 0 Å². The highest BCUT2D eigenvalue weighted by molar-refractivity contribution is 5.80. The van der Waals surface area contributed by atoms with Crippen LogP contribution in [0.3, 0.4) is 0 Å². The minimum atomic E-state index is 0.258. The SMILES string of the molecule is COc1ccccc1CN1CC[C@H](CNC(=O)C2CC2)[C@H](N(C)C)C1. The second-order valence-electron chi connectivity index (χ2n) is 7.65. The predicted octanol–water partition coefficient (Wildman–Crippen LogP) is 1.97. The molecular weight excluding hydrogens is 314 g/mol. The van der Waals surface area contributed by atoms with E-state index in [1.807, 2.05) is 12.1 Å². The van der Waals surface area contributed by atoms with E-state index in [-0.39, 0.29) is 5.91 Å². The van der Waals surface area contributed by atoms with Crippen molar-refractivity contribution >= 4 is 5.91 Å². The molecule has 1 aliphatic heterocycles. The Balaban J connectivity index is 1.57. The molecule has 1 aromatic carbocycles. The van der Waals surface area contributed by atoms with E-state index in [0.717, 1.165) is 51.2 Å². The number of rotatable bonds is 7. The summed E-state index contributed by atoms with van der Waals surface area (Å²) in [6.07, 6.45) is 3.25. The lowest BCUT2D eigenvalue weighted by Gasteiger charge is -2.42. The second-order valence-corrected chi connectivity index (χ2v) is 7.65. The topological polar surface area (TPSA) is 44.8 Å². The maximum atomic E-state index is 12.0. The Hall–Kier alpha value is -1.59. The van der Waals surface area contributed by atoms with Gasteiger partial charge in [-0.2, -0.15) is 0 Å². The number of methoxy groups -OCH3 is 1. The Kier molecular flexibility index (Phi) is 5.97. The number of likely N-dealkylation sites (tertiary alicyclic amines) is 1. The summed E-state index contributed by atoms with van der Waals surface area (Å²) in [5.41, 5.74) is 1.24. The van der Waals surface area contributed by atoms with Gasteiger partial charge in [0, 0.05) is 37.2 Å². The van der Waals surface area contributed by atoms with E-state index in [2.05, 4.69) is 41.3 Å². The highest BCUT2D eigenvalue weighted by Crippen LogP contribution is 2.29. The Labute approximate surface area is 151 Å². The van der Waals surface area contributed by atoms with E-state index < -0.39 is 0 Å². The van der Waals surface area contributed by atoms with Gasteiger partial charge in [0.15, 0.2) is 0 Å². The van der Waals surface area contributed by atoms with Gasteiger partial charge in [-0.15, -0.1) is 0 Å². The lowest BCUT2D eigenvalue weighted by molar-refractivity contribution is -0.122. The third-order valence-corrected chi connectivity index (χ3v) is 5.54. The summed E-state index contributed by atoms with van der Waals surface area (Å²) in [6, 6.07) is 8.72. The Morgan fingerprint density at radius 3 is 2.72 bits per heavy atom. The minimum Gasteiger partial charge on any atom is -0.496 e. The lowest BCUT2D eigenvalue weighted by Crippen LogP contribution is -2.53. The summed E-state index contributed by atoms with van der Waals surface area (Å²) >= 11 is 0. The molecule has 1 aromatic rings. The Morgan fingerprint density at radius 2 is 2.04 bits per heavy atom. The summed E-state index contributed by atoms with van der Waals surface area (Å²) in [7, 11) is 6.02. The fourth-order valence-electron chi connectivity index (χ4n) is 3.81. The standard InChI is InChI=1S/C20H31N3O2/c1-22(2)18-14-23(13-17-6-4-5-7-19(17)25-3)11-10-16(18)12-21-20(24)15-8-9-15/h4-7,15-16,18H,8-14H2,1-3H3,(H,21,24)/t16-,18-/m1/s1. The third-order valence-electron chi connectivity index (χ3n) is 5.54.